The maximum Gasteiger partial charge on any atom is 0.357 e. The van der Waals surface area contributed by atoms with Crippen LogP contribution in [0.1, 0.15) is 50.2 Å². The molecular weight excluding hydrogens is 574 g/mol. The predicted octanol–water partition coefficient (Wildman–Crippen LogP) is 7.31. The molecule has 2 heterocycles. The standard InChI is InChI=1S/C39H33N3O4/c1-3-31-24-32-34(38(44)42(31)25-33(43)28-18-10-5-11-19-28)36(37(41(32)2)39(45)46-26-27-16-8-4-9-17-27)40-35(29-20-12-6-13-21-29)30-22-14-7-15-23-30/h4-24H,3,25-26H2,1-2H3. The Kier molecular flexibility index (Phi) is 8.83. The smallest absolute Gasteiger partial charge is 0.357 e. The number of ketones is 1. The molecule has 0 aliphatic carbocycles. The molecule has 0 saturated carbocycles. The van der Waals surface area contributed by atoms with Crippen LogP contribution in [0.3, 0.4) is 0 Å². The zero-order valence-corrected chi connectivity index (χ0v) is 25.7. The number of carbonyl (C=O) groups excluding carboxylic acids is 2. The molecule has 228 valence electrons. The van der Waals surface area contributed by atoms with Crippen molar-refractivity contribution >= 4 is 34.1 Å². The highest BCUT2D eigenvalue weighted by molar-refractivity contribution is 6.16. The minimum atomic E-state index is -0.605. The molecule has 0 spiro atoms. The number of ether oxygens (including phenoxy) is 1. The molecule has 7 heteroatoms. The third-order valence-electron chi connectivity index (χ3n) is 8.01. The van der Waals surface area contributed by atoms with Crippen molar-refractivity contribution in [1.82, 2.24) is 9.13 Å². The lowest BCUT2D eigenvalue weighted by Gasteiger charge is -2.12. The summed E-state index contributed by atoms with van der Waals surface area (Å²) in [6.45, 7) is 1.85. The van der Waals surface area contributed by atoms with E-state index in [1.54, 1.807) is 35.9 Å². The second-order valence-corrected chi connectivity index (χ2v) is 10.9. The normalized spacial score (nSPS) is 10.9. The molecule has 46 heavy (non-hydrogen) atoms. The van der Waals surface area contributed by atoms with E-state index < -0.39 is 11.5 Å². The number of Topliss-reactive ketones (excluding diaryl/α,β-unsaturated/α-hetero) is 1. The van der Waals surface area contributed by atoms with Gasteiger partial charge in [-0.2, -0.15) is 0 Å². The lowest BCUT2D eigenvalue weighted by Crippen LogP contribution is -2.27. The first-order valence-corrected chi connectivity index (χ1v) is 15.2. The maximum atomic E-state index is 14.5. The second-order valence-electron chi connectivity index (χ2n) is 10.9. The van der Waals surface area contributed by atoms with Crippen LogP contribution in [0.2, 0.25) is 0 Å². The lowest BCUT2D eigenvalue weighted by atomic mass is 10.0. The molecule has 0 amide bonds. The highest BCUT2D eigenvalue weighted by atomic mass is 16.5. The fourth-order valence-corrected chi connectivity index (χ4v) is 5.63. The first kappa shape index (κ1) is 30.2. The number of aliphatic imine (C=N–C) groups is 1. The third kappa shape index (κ3) is 6.08. The van der Waals surface area contributed by atoms with Crippen LogP contribution in [0.4, 0.5) is 5.69 Å². The average molecular weight is 608 g/mol. The van der Waals surface area contributed by atoms with Crippen molar-refractivity contribution in [1.29, 1.82) is 0 Å². The predicted molar refractivity (Wildman–Crippen MR) is 181 cm³/mol. The molecule has 0 aliphatic heterocycles. The third-order valence-corrected chi connectivity index (χ3v) is 8.01. The molecule has 0 radical (unpaired) electrons. The van der Waals surface area contributed by atoms with E-state index in [2.05, 4.69) is 0 Å². The Bertz CT molecular complexity index is 2060. The Morgan fingerprint density at radius 1 is 0.739 bits per heavy atom. The SMILES string of the molecule is CCc1cc2c(c(N=C(c3ccccc3)c3ccccc3)c(C(=O)OCc3ccccc3)n2C)c(=O)n1CC(=O)c1ccccc1. The van der Waals surface area contributed by atoms with E-state index in [0.717, 1.165) is 16.7 Å². The summed E-state index contributed by atoms with van der Waals surface area (Å²) in [5, 5.41) is 0.247. The van der Waals surface area contributed by atoms with Crippen LogP contribution < -0.4 is 5.56 Å². The largest absolute Gasteiger partial charge is 0.456 e. The molecule has 0 bridgehead atoms. The lowest BCUT2D eigenvalue weighted by molar-refractivity contribution is 0.0463. The summed E-state index contributed by atoms with van der Waals surface area (Å²) < 4.78 is 9.00. The quantitative estimate of drug-likeness (QED) is 0.0929. The number of esters is 1. The number of nitrogens with zero attached hydrogens (tertiary/aromatic N) is 3. The van der Waals surface area contributed by atoms with Gasteiger partial charge in [0.2, 0.25) is 0 Å². The monoisotopic (exact) mass is 607 g/mol. The van der Waals surface area contributed by atoms with Crippen LogP contribution in [0.15, 0.2) is 137 Å². The fourth-order valence-electron chi connectivity index (χ4n) is 5.63. The van der Waals surface area contributed by atoms with E-state index in [1.165, 1.54) is 4.57 Å². The molecular formula is C39H33N3O4. The van der Waals surface area contributed by atoms with Crippen LogP contribution in [0.25, 0.3) is 10.9 Å². The van der Waals surface area contributed by atoms with Gasteiger partial charge in [-0.15, -0.1) is 0 Å². The number of aromatic nitrogens is 2. The van der Waals surface area contributed by atoms with Gasteiger partial charge in [0.25, 0.3) is 5.56 Å². The molecule has 2 aromatic heterocycles. The van der Waals surface area contributed by atoms with E-state index in [1.807, 2.05) is 110 Å². The maximum absolute atomic E-state index is 14.5. The molecule has 0 atom stereocenters. The highest BCUT2D eigenvalue weighted by Crippen LogP contribution is 2.34. The Balaban J connectivity index is 1.59. The van der Waals surface area contributed by atoms with E-state index in [9.17, 15) is 14.4 Å². The molecule has 7 nitrogen and oxygen atoms in total. The van der Waals surface area contributed by atoms with Gasteiger partial charge in [-0.1, -0.05) is 128 Å². The molecule has 4 aromatic carbocycles. The Labute approximate surface area is 267 Å². The van der Waals surface area contributed by atoms with Crippen molar-refractivity contribution in [2.24, 2.45) is 12.0 Å². The van der Waals surface area contributed by atoms with E-state index >= 15 is 0 Å². The molecule has 0 aliphatic rings. The van der Waals surface area contributed by atoms with Gasteiger partial charge in [0.1, 0.15) is 12.3 Å². The molecule has 0 unspecified atom stereocenters. The number of hydrogen-bond acceptors (Lipinski definition) is 5. The first-order chi connectivity index (χ1) is 22.5. The van der Waals surface area contributed by atoms with E-state index in [-0.39, 0.29) is 35.7 Å². The van der Waals surface area contributed by atoms with E-state index in [0.29, 0.717) is 28.9 Å². The van der Waals surface area contributed by atoms with Crippen LogP contribution in [0, 0.1) is 0 Å². The van der Waals surface area contributed by atoms with Crippen molar-refractivity contribution < 1.29 is 14.3 Å². The number of aryl methyl sites for hydroxylation is 2. The Hall–Kier alpha value is -5.82. The van der Waals surface area contributed by atoms with Crippen LogP contribution in [-0.4, -0.2) is 26.6 Å². The number of benzene rings is 4. The van der Waals surface area contributed by atoms with Crippen molar-refractivity contribution in [2.75, 3.05) is 0 Å². The zero-order valence-electron chi connectivity index (χ0n) is 25.7. The molecule has 6 rings (SSSR count). The summed E-state index contributed by atoms with van der Waals surface area (Å²) in [6, 6.07) is 39.5. The average Bonchev–Trinajstić information content (AvgIpc) is 3.39. The van der Waals surface area contributed by atoms with Crippen molar-refractivity contribution in [3.63, 3.8) is 0 Å². The number of carbonyl (C=O) groups is 2. The van der Waals surface area contributed by atoms with Gasteiger partial charge in [0.15, 0.2) is 11.5 Å². The van der Waals surface area contributed by atoms with Crippen LogP contribution in [-0.2, 0) is 31.4 Å². The fraction of sp³-hybridized carbons (Fsp3) is 0.128. The number of rotatable bonds is 10. The Morgan fingerprint density at radius 3 is 1.80 bits per heavy atom. The summed E-state index contributed by atoms with van der Waals surface area (Å²) in [5.41, 5.74) is 4.76. The van der Waals surface area contributed by atoms with Gasteiger partial charge in [0, 0.05) is 29.4 Å². The summed E-state index contributed by atoms with van der Waals surface area (Å²) in [7, 11) is 1.74. The minimum absolute atomic E-state index is 0.0601. The van der Waals surface area contributed by atoms with Gasteiger partial charge >= 0.3 is 5.97 Å². The molecule has 0 fully saturated rings. The van der Waals surface area contributed by atoms with Gasteiger partial charge in [-0.25, -0.2) is 9.79 Å². The van der Waals surface area contributed by atoms with Crippen molar-refractivity contribution in [2.45, 2.75) is 26.5 Å². The summed E-state index contributed by atoms with van der Waals surface area (Å²) in [5.74, 6) is -0.791. The second kappa shape index (κ2) is 13.4. The highest BCUT2D eigenvalue weighted by Gasteiger charge is 2.27. The summed E-state index contributed by atoms with van der Waals surface area (Å²) in [6.07, 6.45) is 0.504. The Morgan fingerprint density at radius 2 is 1.26 bits per heavy atom. The summed E-state index contributed by atoms with van der Waals surface area (Å²) >= 11 is 0. The van der Waals surface area contributed by atoms with Gasteiger partial charge in [-0.05, 0) is 18.1 Å². The topological polar surface area (TPSA) is 82.7 Å². The molecule has 6 aromatic rings. The van der Waals surface area contributed by atoms with Gasteiger partial charge in [-0.3, -0.25) is 9.59 Å². The zero-order chi connectivity index (χ0) is 32.0. The van der Waals surface area contributed by atoms with Gasteiger partial charge < -0.3 is 13.9 Å². The van der Waals surface area contributed by atoms with Crippen molar-refractivity contribution in [3.8, 4) is 0 Å². The number of fused-ring (bicyclic) bond motifs is 1. The van der Waals surface area contributed by atoms with Crippen LogP contribution >= 0.6 is 0 Å². The van der Waals surface area contributed by atoms with Gasteiger partial charge in [0.05, 0.1) is 23.2 Å². The minimum Gasteiger partial charge on any atom is -0.456 e. The van der Waals surface area contributed by atoms with E-state index in [4.69, 9.17) is 9.73 Å². The number of pyridine rings is 1. The molecule has 0 saturated heterocycles. The van der Waals surface area contributed by atoms with Crippen molar-refractivity contribution in [3.05, 3.63) is 171 Å². The van der Waals surface area contributed by atoms with Crippen LogP contribution in [0.5, 0.6) is 0 Å². The number of hydrogen-bond donors (Lipinski definition) is 0. The first-order valence-electron chi connectivity index (χ1n) is 15.2. The summed E-state index contributed by atoms with van der Waals surface area (Å²) in [4.78, 5) is 46.9. The molecule has 0 N–H and O–H groups in total.